The summed E-state index contributed by atoms with van der Waals surface area (Å²) < 4.78 is 0. The van der Waals surface area contributed by atoms with Gasteiger partial charge in [0.15, 0.2) is 0 Å². The first-order valence-electron chi connectivity index (χ1n) is 7.76. The number of nitrogens with one attached hydrogen (secondary N) is 1. The van der Waals surface area contributed by atoms with Gasteiger partial charge in [0, 0.05) is 24.5 Å². The van der Waals surface area contributed by atoms with Crippen LogP contribution in [0, 0.1) is 12.8 Å². The normalized spacial score (nSPS) is 12.2. The van der Waals surface area contributed by atoms with Crippen molar-refractivity contribution in [1.29, 1.82) is 0 Å². The minimum absolute atomic E-state index is 0.0507. The van der Waals surface area contributed by atoms with E-state index in [2.05, 4.69) is 31.1 Å². The lowest BCUT2D eigenvalue weighted by Crippen LogP contribution is -2.22. The SMILES string of the molecule is Cc1cncc(CNC(=O)c2ccc(C(C)C(C)C)cc2)c1. The fourth-order valence-corrected chi connectivity index (χ4v) is 2.32. The molecule has 2 rings (SSSR count). The highest BCUT2D eigenvalue weighted by molar-refractivity contribution is 5.94. The van der Waals surface area contributed by atoms with E-state index in [4.69, 9.17) is 0 Å². The van der Waals surface area contributed by atoms with Gasteiger partial charge < -0.3 is 5.32 Å². The van der Waals surface area contributed by atoms with Crippen LogP contribution in [0.4, 0.5) is 0 Å². The van der Waals surface area contributed by atoms with Crippen LogP contribution in [0.15, 0.2) is 42.7 Å². The fourth-order valence-electron chi connectivity index (χ4n) is 2.32. The molecule has 0 saturated heterocycles. The summed E-state index contributed by atoms with van der Waals surface area (Å²) in [6, 6.07) is 9.93. The van der Waals surface area contributed by atoms with Gasteiger partial charge in [0.05, 0.1) is 0 Å². The Morgan fingerprint density at radius 3 is 2.41 bits per heavy atom. The molecule has 0 aliphatic carbocycles. The summed E-state index contributed by atoms with van der Waals surface area (Å²) in [6.45, 7) is 9.12. The molecule has 1 aromatic carbocycles. The number of amides is 1. The van der Waals surface area contributed by atoms with Gasteiger partial charge in [-0.05, 0) is 47.6 Å². The van der Waals surface area contributed by atoms with Crippen LogP contribution < -0.4 is 5.32 Å². The van der Waals surface area contributed by atoms with Crippen LogP contribution in [-0.2, 0) is 6.54 Å². The molecule has 22 heavy (non-hydrogen) atoms. The molecule has 116 valence electrons. The van der Waals surface area contributed by atoms with Crippen molar-refractivity contribution in [3.05, 3.63) is 65.0 Å². The van der Waals surface area contributed by atoms with Crippen molar-refractivity contribution in [3.63, 3.8) is 0 Å². The van der Waals surface area contributed by atoms with Crippen LogP contribution in [0.25, 0.3) is 0 Å². The minimum atomic E-state index is -0.0507. The zero-order valence-corrected chi connectivity index (χ0v) is 13.8. The first-order valence-corrected chi connectivity index (χ1v) is 7.76. The highest BCUT2D eigenvalue weighted by Crippen LogP contribution is 2.23. The van der Waals surface area contributed by atoms with Gasteiger partial charge in [-0.2, -0.15) is 0 Å². The molecule has 0 radical (unpaired) electrons. The lowest BCUT2D eigenvalue weighted by Gasteiger charge is -2.16. The third-order valence-electron chi connectivity index (χ3n) is 4.08. The van der Waals surface area contributed by atoms with Crippen LogP contribution in [-0.4, -0.2) is 10.9 Å². The van der Waals surface area contributed by atoms with Gasteiger partial charge in [-0.15, -0.1) is 0 Å². The van der Waals surface area contributed by atoms with Crippen LogP contribution in [0.5, 0.6) is 0 Å². The third kappa shape index (κ3) is 4.17. The molecule has 0 spiro atoms. The van der Waals surface area contributed by atoms with E-state index in [-0.39, 0.29) is 5.91 Å². The van der Waals surface area contributed by atoms with Crippen molar-refractivity contribution in [3.8, 4) is 0 Å². The predicted octanol–water partition coefficient (Wildman–Crippen LogP) is 4.08. The number of aromatic nitrogens is 1. The Bertz CT molecular complexity index is 632. The van der Waals surface area contributed by atoms with Crippen LogP contribution >= 0.6 is 0 Å². The number of aryl methyl sites for hydroxylation is 1. The molecule has 0 bridgehead atoms. The Hall–Kier alpha value is -2.16. The summed E-state index contributed by atoms with van der Waals surface area (Å²) in [5.41, 5.74) is 4.08. The molecule has 0 aliphatic heterocycles. The average molecular weight is 296 g/mol. The second-order valence-corrected chi connectivity index (χ2v) is 6.21. The fraction of sp³-hybridized carbons (Fsp3) is 0.368. The maximum atomic E-state index is 12.2. The van der Waals surface area contributed by atoms with Gasteiger partial charge in [-0.1, -0.05) is 39.0 Å². The molecular weight excluding hydrogens is 272 g/mol. The predicted molar refractivity (Wildman–Crippen MR) is 89.8 cm³/mol. The topological polar surface area (TPSA) is 42.0 Å². The number of carbonyl (C=O) groups excluding carboxylic acids is 1. The zero-order chi connectivity index (χ0) is 16.1. The average Bonchev–Trinajstić information content (AvgIpc) is 2.52. The second-order valence-electron chi connectivity index (χ2n) is 6.21. The van der Waals surface area contributed by atoms with Crippen LogP contribution in [0.2, 0.25) is 0 Å². The molecule has 1 N–H and O–H groups in total. The van der Waals surface area contributed by atoms with E-state index >= 15 is 0 Å². The molecule has 3 nitrogen and oxygen atoms in total. The van der Waals surface area contributed by atoms with E-state index in [1.165, 1.54) is 5.56 Å². The molecule has 0 aliphatic rings. The summed E-state index contributed by atoms with van der Waals surface area (Å²) in [4.78, 5) is 16.3. The number of pyridine rings is 1. The van der Waals surface area contributed by atoms with Crippen molar-refractivity contribution >= 4 is 5.91 Å². The number of hydrogen-bond acceptors (Lipinski definition) is 2. The summed E-state index contributed by atoms with van der Waals surface area (Å²) >= 11 is 0. The number of rotatable bonds is 5. The Morgan fingerprint density at radius 2 is 1.82 bits per heavy atom. The van der Waals surface area contributed by atoms with E-state index in [1.54, 1.807) is 12.4 Å². The molecule has 1 heterocycles. The summed E-state index contributed by atoms with van der Waals surface area (Å²) in [6.07, 6.45) is 3.58. The van der Waals surface area contributed by atoms with Gasteiger partial charge in [0.1, 0.15) is 0 Å². The summed E-state index contributed by atoms with van der Waals surface area (Å²) in [7, 11) is 0. The third-order valence-corrected chi connectivity index (χ3v) is 4.08. The molecule has 1 atom stereocenters. The standard InChI is InChI=1S/C19H24N2O/c1-13(2)15(4)17-5-7-18(8-6-17)19(22)21-12-16-9-14(3)10-20-11-16/h5-11,13,15H,12H2,1-4H3,(H,21,22). The molecule has 1 aromatic heterocycles. The van der Waals surface area contributed by atoms with Crippen molar-refractivity contribution in [2.45, 2.75) is 40.2 Å². The lowest BCUT2D eigenvalue weighted by molar-refractivity contribution is 0.0951. The van der Waals surface area contributed by atoms with Gasteiger partial charge in [-0.25, -0.2) is 0 Å². The smallest absolute Gasteiger partial charge is 0.251 e. The number of hydrogen-bond donors (Lipinski definition) is 1. The van der Waals surface area contributed by atoms with Crippen molar-refractivity contribution in [2.24, 2.45) is 5.92 Å². The Morgan fingerprint density at radius 1 is 1.14 bits per heavy atom. The number of benzene rings is 1. The van der Waals surface area contributed by atoms with E-state index in [1.807, 2.05) is 37.3 Å². The zero-order valence-electron chi connectivity index (χ0n) is 13.8. The monoisotopic (exact) mass is 296 g/mol. The lowest BCUT2D eigenvalue weighted by atomic mass is 9.90. The van der Waals surface area contributed by atoms with Gasteiger partial charge in [-0.3, -0.25) is 9.78 Å². The maximum absolute atomic E-state index is 12.2. The van der Waals surface area contributed by atoms with Crippen molar-refractivity contribution in [1.82, 2.24) is 10.3 Å². The van der Waals surface area contributed by atoms with Gasteiger partial charge in [0.25, 0.3) is 5.91 Å². The van der Waals surface area contributed by atoms with Gasteiger partial charge in [0.2, 0.25) is 0 Å². The van der Waals surface area contributed by atoms with E-state index in [9.17, 15) is 4.79 Å². The first kappa shape index (κ1) is 16.2. The highest BCUT2D eigenvalue weighted by atomic mass is 16.1. The second kappa shape index (κ2) is 7.21. The molecule has 3 heteroatoms. The molecule has 0 fully saturated rings. The van der Waals surface area contributed by atoms with Crippen LogP contribution in [0.1, 0.15) is 53.7 Å². The molecule has 2 aromatic rings. The minimum Gasteiger partial charge on any atom is -0.348 e. The first-order chi connectivity index (χ1) is 10.5. The van der Waals surface area contributed by atoms with Crippen molar-refractivity contribution < 1.29 is 4.79 Å². The number of nitrogens with zero attached hydrogens (tertiary/aromatic N) is 1. The number of carbonyl (C=O) groups is 1. The van der Waals surface area contributed by atoms with E-state index in [0.717, 1.165) is 11.1 Å². The quantitative estimate of drug-likeness (QED) is 0.903. The van der Waals surface area contributed by atoms with E-state index in [0.29, 0.717) is 23.9 Å². The maximum Gasteiger partial charge on any atom is 0.251 e. The molecule has 1 amide bonds. The molecular formula is C19H24N2O. The Kier molecular flexibility index (Phi) is 5.31. The Labute approximate surface area is 132 Å². The Balaban J connectivity index is 1.98. The summed E-state index contributed by atoms with van der Waals surface area (Å²) in [5, 5.41) is 2.93. The van der Waals surface area contributed by atoms with E-state index < -0.39 is 0 Å². The van der Waals surface area contributed by atoms with Crippen molar-refractivity contribution in [2.75, 3.05) is 0 Å². The highest BCUT2D eigenvalue weighted by Gasteiger charge is 2.11. The van der Waals surface area contributed by atoms with Gasteiger partial charge >= 0.3 is 0 Å². The van der Waals surface area contributed by atoms with Crippen LogP contribution in [0.3, 0.4) is 0 Å². The molecule has 0 saturated carbocycles. The largest absolute Gasteiger partial charge is 0.348 e. The molecule has 1 unspecified atom stereocenters. The summed E-state index contributed by atoms with van der Waals surface area (Å²) in [5.74, 6) is 1.04.